The first-order valence-corrected chi connectivity index (χ1v) is 7.28. The monoisotopic (exact) mass is 267 g/mol. The molecule has 1 aliphatic heterocycles. The van der Waals surface area contributed by atoms with Crippen LogP contribution in [0.15, 0.2) is 48.5 Å². The molecule has 3 rings (SSSR count). The van der Waals surface area contributed by atoms with Crippen molar-refractivity contribution in [3.05, 3.63) is 70.8 Å². The molecule has 1 heterocycles. The van der Waals surface area contributed by atoms with E-state index in [1.807, 2.05) is 0 Å². The molecule has 1 aliphatic rings. The van der Waals surface area contributed by atoms with Crippen LogP contribution in [0.2, 0.25) is 0 Å². The minimum absolute atomic E-state index is 0.186. The molecule has 0 saturated heterocycles. The third kappa shape index (κ3) is 3.09. The zero-order valence-corrected chi connectivity index (χ0v) is 11.9. The highest BCUT2D eigenvalue weighted by Crippen LogP contribution is 2.26. The number of nitrogens with one attached hydrogen (secondary N) is 1. The Morgan fingerprint density at radius 3 is 2.75 bits per heavy atom. The number of rotatable bonds is 4. The van der Waals surface area contributed by atoms with Crippen molar-refractivity contribution in [2.24, 2.45) is 0 Å². The predicted molar refractivity (Wildman–Crippen MR) is 81.7 cm³/mol. The number of benzene rings is 2. The summed E-state index contributed by atoms with van der Waals surface area (Å²) in [5.74, 6) is 0. The molecular weight excluding hydrogens is 246 g/mol. The summed E-state index contributed by atoms with van der Waals surface area (Å²) in [6, 6.07) is 17.3. The maximum absolute atomic E-state index is 5.90. The van der Waals surface area contributed by atoms with Crippen molar-refractivity contribution in [3.8, 4) is 0 Å². The van der Waals surface area contributed by atoms with Gasteiger partial charge >= 0.3 is 0 Å². The molecule has 1 N–H and O–H groups in total. The van der Waals surface area contributed by atoms with E-state index in [-0.39, 0.29) is 6.10 Å². The van der Waals surface area contributed by atoms with E-state index >= 15 is 0 Å². The second kappa shape index (κ2) is 6.21. The maximum Gasteiger partial charge on any atom is 0.0952 e. The lowest BCUT2D eigenvalue weighted by molar-refractivity contribution is 0.0423. The number of hydrogen-bond acceptors (Lipinski definition) is 2. The van der Waals surface area contributed by atoms with Gasteiger partial charge in [-0.15, -0.1) is 0 Å². The van der Waals surface area contributed by atoms with Gasteiger partial charge in [0.2, 0.25) is 0 Å². The van der Waals surface area contributed by atoms with Crippen molar-refractivity contribution in [1.29, 1.82) is 0 Å². The van der Waals surface area contributed by atoms with Gasteiger partial charge in [-0.3, -0.25) is 0 Å². The fourth-order valence-electron chi connectivity index (χ4n) is 2.70. The molecule has 0 spiro atoms. The lowest BCUT2D eigenvalue weighted by Crippen LogP contribution is -2.27. The molecule has 0 saturated carbocycles. The van der Waals surface area contributed by atoms with Crippen LogP contribution in [-0.2, 0) is 17.7 Å². The Kier molecular flexibility index (Phi) is 4.14. The summed E-state index contributed by atoms with van der Waals surface area (Å²) in [5.41, 5.74) is 5.40. The van der Waals surface area contributed by atoms with Gasteiger partial charge in [0.05, 0.1) is 12.7 Å². The van der Waals surface area contributed by atoms with Gasteiger partial charge in [-0.25, -0.2) is 0 Å². The second-order valence-electron chi connectivity index (χ2n) is 5.42. The van der Waals surface area contributed by atoms with Crippen LogP contribution in [0, 0.1) is 6.92 Å². The van der Waals surface area contributed by atoms with Gasteiger partial charge in [-0.1, -0.05) is 54.1 Å². The smallest absolute Gasteiger partial charge is 0.0952 e. The highest BCUT2D eigenvalue weighted by atomic mass is 16.5. The van der Waals surface area contributed by atoms with Gasteiger partial charge in [0.1, 0.15) is 0 Å². The molecule has 0 fully saturated rings. The molecule has 2 aromatic carbocycles. The summed E-state index contributed by atoms with van der Waals surface area (Å²) >= 11 is 0. The van der Waals surface area contributed by atoms with Crippen molar-refractivity contribution >= 4 is 0 Å². The number of hydrogen-bond donors (Lipinski definition) is 1. The molecular formula is C18H21NO. The highest BCUT2D eigenvalue weighted by Gasteiger charge is 2.19. The number of ether oxygens (including phenoxy) is 1. The molecule has 2 heteroatoms. The van der Waals surface area contributed by atoms with Crippen LogP contribution in [0.1, 0.15) is 28.4 Å². The van der Waals surface area contributed by atoms with Gasteiger partial charge in [-0.2, -0.15) is 0 Å². The molecule has 0 bridgehead atoms. The van der Waals surface area contributed by atoms with Crippen LogP contribution in [0.3, 0.4) is 0 Å². The van der Waals surface area contributed by atoms with Crippen molar-refractivity contribution < 1.29 is 4.74 Å². The first-order chi connectivity index (χ1) is 9.83. The Hall–Kier alpha value is -1.64. The van der Waals surface area contributed by atoms with Crippen LogP contribution in [0.25, 0.3) is 0 Å². The molecule has 0 amide bonds. The molecule has 104 valence electrons. The second-order valence-corrected chi connectivity index (χ2v) is 5.42. The highest BCUT2D eigenvalue weighted by molar-refractivity contribution is 5.31. The van der Waals surface area contributed by atoms with E-state index in [0.29, 0.717) is 0 Å². The van der Waals surface area contributed by atoms with Crippen molar-refractivity contribution in [3.63, 3.8) is 0 Å². The van der Waals surface area contributed by atoms with Gasteiger partial charge < -0.3 is 10.1 Å². The minimum Gasteiger partial charge on any atom is -0.372 e. The van der Waals surface area contributed by atoms with Crippen LogP contribution in [0.4, 0.5) is 0 Å². The average molecular weight is 267 g/mol. The zero-order valence-electron chi connectivity index (χ0n) is 11.9. The Bertz CT molecular complexity index is 562. The molecule has 2 nitrogen and oxygen atoms in total. The Balaban J connectivity index is 1.58. The number of aryl methyl sites for hydroxylation is 1. The van der Waals surface area contributed by atoms with Gasteiger partial charge in [0.25, 0.3) is 0 Å². The summed E-state index contributed by atoms with van der Waals surface area (Å²) < 4.78 is 5.90. The van der Waals surface area contributed by atoms with Crippen molar-refractivity contribution in [2.75, 3.05) is 13.2 Å². The lowest BCUT2D eigenvalue weighted by atomic mass is 9.97. The van der Waals surface area contributed by atoms with Crippen LogP contribution in [-0.4, -0.2) is 13.2 Å². The minimum atomic E-state index is 0.186. The fourth-order valence-corrected chi connectivity index (χ4v) is 2.70. The normalized spacial score (nSPS) is 17.8. The van der Waals surface area contributed by atoms with E-state index in [1.165, 1.54) is 22.3 Å². The molecule has 1 atom stereocenters. The van der Waals surface area contributed by atoms with Crippen LogP contribution in [0.5, 0.6) is 0 Å². The topological polar surface area (TPSA) is 21.3 Å². The van der Waals surface area contributed by atoms with Gasteiger partial charge in [-0.05, 0) is 30.0 Å². The molecule has 0 aliphatic carbocycles. The zero-order chi connectivity index (χ0) is 13.8. The Morgan fingerprint density at radius 2 is 1.90 bits per heavy atom. The molecule has 2 aromatic rings. The van der Waals surface area contributed by atoms with E-state index in [9.17, 15) is 0 Å². The summed E-state index contributed by atoms with van der Waals surface area (Å²) in [6.07, 6.45) is 1.22. The van der Waals surface area contributed by atoms with Crippen molar-refractivity contribution in [1.82, 2.24) is 5.32 Å². The van der Waals surface area contributed by atoms with Crippen LogP contribution >= 0.6 is 0 Å². The third-order valence-electron chi connectivity index (χ3n) is 3.87. The van der Waals surface area contributed by atoms with E-state index in [1.54, 1.807) is 0 Å². The van der Waals surface area contributed by atoms with Crippen LogP contribution < -0.4 is 5.32 Å². The van der Waals surface area contributed by atoms with E-state index in [0.717, 1.165) is 26.1 Å². The Labute approximate surface area is 120 Å². The maximum atomic E-state index is 5.90. The van der Waals surface area contributed by atoms with Gasteiger partial charge in [0, 0.05) is 13.1 Å². The lowest BCUT2D eigenvalue weighted by Gasteiger charge is -2.26. The van der Waals surface area contributed by atoms with E-state index < -0.39 is 0 Å². The molecule has 1 unspecified atom stereocenters. The largest absolute Gasteiger partial charge is 0.372 e. The van der Waals surface area contributed by atoms with E-state index in [4.69, 9.17) is 4.74 Å². The summed E-state index contributed by atoms with van der Waals surface area (Å²) in [4.78, 5) is 0. The standard InChI is InChI=1S/C18H21NO/c1-14-6-8-15(9-7-14)12-19-13-18-17-5-3-2-4-16(17)10-11-20-18/h2-9,18-19H,10-13H2,1H3. The SMILES string of the molecule is Cc1ccc(CNCC2OCCc3ccccc32)cc1. The van der Waals surface area contributed by atoms with Gasteiger partial charge in [0.15, 0.2) is 0 Å². The predicted octanol–water partition coefficient (Wildman–Crippen LogP) is 3.40. The van der Waals surface area contributed by atoms with Crippen molar-refractivity contribution in [2.45, 2.75) is 26.0 Å². The Morgan fingerprint density at radius 1 is 1.10 bits per heavy atom. The average Bonchev–Trinajstić information content (AvgIpc) is 2.49. The molecule has 0 radical (unpaired) electrons. The quantitative estimate of drug-likeness (QED) is 0.916. The summed E-state index contributed by atoms with van der Waals surface area (Å²) in [6.45, 7) is 4.70. The summed E-state index contributed by atoms with van der Waals surface area (Å²) in [5, 5.41) is 3.51. The number of fused-ring (bicyclic) bond motifs is 1. The fraction of sp³-hybridized carbons (Fsp3) is 0.333. The third-order valence-corrected chi connectivity index (χ3v) is 3.87. The molecule has 20 heavy (non-hydrogen) atoms. The first kappa shape index (κ1) is 13.3. The summed E-state index contributed by atoms with van der Waals surface area (Å²) in [7, 11) is 0. The van der Waals surface area contributed by atoms with E-state index in [2.05, 4.69) is 60.8 Å². The first-order valence-electron chi connectivity index (χ1n) is 7.28. The molecule has 0 aromatic heterocycles.